The van der Waals surface area contributed by atoms with E-state index in [9.17, 15) is 0 Å². The van der Waals surface area contributed by atoms with Gasteiger partial charge in [-0.1, -0.05) is 0 Å². The van der Waals surface area contributed by atoms with Crippen molar-refractivity contribution < 1.29 is 19.7 Å². The maximum atomic E-state index is 8.78. The molecule has 0 radical (unpaired) electrons. The minimum atomic E-state index is -1.33. The Morgan fingerprint density at radius 3 is 2.09 bits per heavy atom. The molecule has 0 rings (SSSR count). The predicted octanol–water partition coefficient (Wildman–Crippen LogP) is 0.0268. The van der Waals surface area contributed by atoms with Crippen LogP contribution in [0.3, 0.4) is 0 Å². The van der Waals surface area contributed by atoms with E-state index >= 15 is 0 Å². The number of hydrogen-bond donors (Lipinski definition) is 3. The zero-order valence-electron chi connectivity index (χ0n) is 6.78. The summed E-state index contributed by atoms with van der Waals surface area (Å²) in [7, 11) is 0. The molecule has 0 spiro atoms. The number of amides is 1. The van der Waals surface area contributed by atoms with E-state index in [0.29, 0.717) is 6.61 Å². The molecule has 1 amide bonds. The van der Waals surface area contributed by atoms with E-state index < -0.39 is 6.09 Å². The van der Waals surface area contributed by atoms with Crippen LogP contribution < -0.4 is 5.73 Å². The first-order valence-electron chi connectivity index (χ1n) is 3.21. The van der Waals surface area contributed by atoms with Crippen molar-refractivity contribution in [3.8, 4) is 0 Å². The van der Waals surface area contributed by atoms with E-state index in [0.717, 1.165) is 0 Å². The summed E-state index contributed by atoms with van der Waals surface area (Å²) in [6.07, 6.45) is -1.09. The number of carbonyl (C=O) groups is 1. The quantitative estimate of drug-likeness (QED) is 0.550. The van der Waals surface area contributed by atoms with Crippen molar-refractivity contribution in [3.63, 3.8) is 0 Å². The summed E-state index contributed by atoms with van der Waals surface area (Å²) in [6, 6.07) is 0. The highest BCUT2D eigenvalue weighted by atomic mass is 16.5. The van der Waals surface area contributed by atoms with Gasteiger partial charge in [0, 0.05) is 0 Å². The average molecular weight is 165 g/mol. The molecule has 0 bridgehead atoms. The molecule has 0 aliphatic heterocycles. The van der Waals surface area contributed by atoms with E-state index in [1.165, 1.54) is 0 Å². The highest BCUT2D eigenvalue weighted by Crippen LogP contribution is 1.83. The van der Waals surface area contributed by atoms with Crippen molar-refractivity contribution in [2.75, 3.05) is 13.2 Å². The summed E-state index contributed by atoms with van der Waals surface area (Å²) in [6.45, 7) is 4.46. The fraction of sp³-hybridized carbons (Fsp3) is 0.833. The lowest BCUT2D eigenvalue weighted by molar-refractivity contribution is 0.0494. The fourth-order valence-corrected chi connectivity index (χ4v) is 0.288. The molecular formula is C6H15NO4. The second-order valence-corrected chi connectivity index (χ2v) is 1.98. The molecule has 0 saturated heterocycles. The molecule has 0 aromatic rings. The van der Waals surface area contributed by atoms with Crippen LogP contribution in [0, 0.1) is 0 Å². The number of rotatable bonds is 3. The van der Waals surface area contributed by atoms with Gasteiger partial charge in [0.2, 0.25) is 0 Å². The lowest BCUT2D eigenvalue weighted by atomic mass is 10.5. The van der Waals surface area contributed by atoms with Gasteiger partial charge in [0.25, 0.3) is 0 Å². The number of hydrogen-bond acceptors (Lipinski definition) is 3. The first-order valence-corrected chi connectivity index (χ1v) is 3.21. The van der Waals surface area contributed by atoms with Gasteiger partial charge >= 0.3 is 6.09 Å². The van der Waals surface area contributed by atoms with Crippen LogP contribution in [0.1, 0.15) is 13.8 Å². The molecule has 4 N–H and O–H groups in total. The minimum absolute atomic E-state index is 0.123. The van der Waals surface area contributed by atoms with E-state index in [2.05, 4.69) is 5.73 Å². The number of ether oxygens (including phenoxy) is 1. The molecular weight excluding hydrogens is 150 g/mol. The summed E-state index contributed by atoms with van der Waals surface area (Å²) >= 11 is 0. The SMILES string of the molecule is CC(C)OCCO.NC(=O)O. The minimum Gasteiger partial charge on any atom is -0.465 e. The first-order chi connectivity index (χ1) is 5.00. The lowest BCUT2D eigenvalue weighted by Crippen LogP contribution is -2.06. The zero-order chi connectivity index (χ0) is 9.28. The van der Waals surface area contributed by atoms with Crippen LogP contribution in [0.25, 0.3) is 0 Å². The Balaban J connectivity index is 0. The zero-order valence-corrected chi connectivity index (χ0v) is 6.78. The second kappa shape index (κ2) is 9.19. The lowest BCUT2D eigenvalue weighted by Gasteiger charge is -2.02. The van der Waals surface area contributed by atoms with Crippen molar-refractivity contribution in [1.29, 1.82) is 0 Å². The third-order valence-corrected chi connectivity index (χ3v) is 0.542. The maximum absolute atomic E-state index is 8.78. The molecule has 5 heteroatoms. The smallest absolute Gasteiger partial charge is 0.402 e. The Bertz CT molecular complexity index is 90.6. The number of primary amides is 1. The topological polar surface area (TPSA) is 92.8 Å². The van der Waals surface area contributed by atoms with E-state index in [4.69, 9.17) is 19.7 Å². The standard InChI is InChI=1S/C5H12O2.CH3NO2/c1-5(2)7-4-3-6;2-1(3)4/h5-6H,3-4H2,1-2H3;2H2,(H,3,4). The Kier molecular flexibility index (Phi) is 10.7. The van der Waals surface area contributed by atoms with Crippen molar-refractivity contribution in [1.82, 2.24) is 0 Å². The summed E-state index contributed by atoms with van der Waals surface area (Å²) in [5, 5.41) is 15.4. The molecule has 0 aliphatic rings. The monoisotopic (exact) mass is 165 g/mol. The number of carboxylic acid groups (broad SMARTS) is 1. The van der Waals surface area contributed by atoms with Gasteiger partial charge in [-0.2, -0.15) is 0 Å². The van der Waals surface area contributed by atoms with E-state index in [1.807, 2.05) is 13.8 Å². The molecule has 0 aromatic heterocycles. The van der Waals surface area contributed by atoms with Crippen LogP contribution in [-0.2, 0) is 4.74 Å². The van der Waals surface area contributed by atoms with Gasteiger partial charge < -0.3 is 20.7 Å². The van der Waals surface area contributed by atoms with E-state index in [-0.39, 0.29) is 12.7 Å². The summed E-state index contributed by atoms with van der Waals surface area (Å²) in [5.41, 5.74) is 4.03. The normalized spacial score (nSPS) is 8.73. The van der Waals surface area contributed by atoms with Gasteiger partial charge in [-0.15, -0.1) is 0 Å². The Labute approximate surface area is 65.8 Å². The molecule has 0 aliphatic carbocycles. The highest BCUT2D eigenvalue weighted by Gasteiger charge is 1.87. The fourth-order valence-electron chi connectivity index (χ4n) is 0.288. The van der Waals surface area contributed by atoms with Crippen LogP contribution in [0.4, 0.5) is 4.79 Å². The third-order valence-electron chi connectivity index (χ3n) is 0.542. The van der Waals surface area contributed by atoms with Gasteiger partial charge in [-0.25, -0.2) is 4.79 Å². The molecule has 0 aromatic carbocycles. The van der Waals surface area contributed by atoms with Crippen LogP contribution in [0.5, 0.6) is 0 Å². The number of aliphatic hydroxyl groups is 1. The van der Waals surface area contributed by atoms with Crippen LogP contribution in [0.15, 0.2) is 0 Å². The van der Waals surface area contributed by atoms with Crippen molar-refractivity contribution in [2.24, 2.45) is 5.73 Å². The molecule has 0 unspecified atom stereocenters. The van der Waals surface area contributed by atoms with Crippen LogP contribution in [0.2, 0.25) is 0 Å². The Morgan fingerprint density at radius 2 is 2.00 bits per heavy atom. The van der Waals surface area contributed by atoms with Gasteiger partial charge in [0.15, 0.2) is 0 Å². The summed E-state index contributed by atoms with van der Waals surface area (Å²) < 4.78 is 4.94. The number of nitrogens with two attached hydrogens (primary N) is 1. The van der Waals surface area contributed by atoms with Crippen LogP contribution in [-0.4, -0.2) is 35.6 Å². The summed E-state index contributed by atoms with van der Waals surface area (Å²) in [5.74, 6) is 0. The molecule has 5 nitrogen and oxygen atoms in total. The second-order valence-electron chi connectivity index (χ2n) is 1.98. The van der Waals surface area contributed by atoms with E-state index in [1.54, 1.807) is 0 Å². The van der Waals surface area contributed by atoms with Gasteiger partial charge in [-0.3, -0.25) is 0 Å². The molecule has 11 heavy (non-hydrogen) atoms. The summed E-state index contributed by atoms with van der Waals surface area (Å²) in [4.78, 5) is 8.78. The van der Waals surface area contributed by atoms with Crippen molar-refractivity contribution >= 4 is 6.09 Å². The molecule has 0 heterocycles. The number of aliphatic hydroxyl groups excluding tert-OH is 1. The molecule has 0 saturated carbocycles. The van der Waals surface area contributed by atoms with Gasteiger partial charge in [0.05, 0.1) is 19.3 Å². The maximum Gasteiger partial charge on any atom is 0.402 e. The van der Waals surface area contributed by atoms with Crippen molar-refractivity contribution in [2.45, 2.75) is 20.0 Å². The Morgan fingerprint density at radius 1 is 1.64 bits per heavy atom. The van der Waals surface area contributed by atoms with Gasteiger partial charge in [-0.05, 0) is 13.8 Å². The molecule has 68 valence electrons. The van der Waals surface area contributed by atoms with Crippen LogP contribution >= 0.6 is 0 Å². The van der Waals surface area contributed by atoms with Gasteiger partial charge in [0.1, 0.15) is 0 Å². The predicted molar refractivity (Wildman–Crippen MR) is 40.4 cm³/mol. The highest BCUT2D eigenvalue weighted by molar-refractivity contribution is 5.61. The Hall–Kier alpha value is -0.810. The first kappa shape index (κ1) is 12.8. The molecule has 0 fully saturated rings. The largest absolute Gasteiger partial charge is 0.465 e. The third kappa shape index (κ3) is 46.7. The van der Waals surface area contributed by atoms with Crippen molar-refractivity contribution in [3.05, 3.63) is 0 Å². The molecule has 0 atom stereocenters. The average Bonchev–Trinajstić information content (AvgIpc) is 1.82.